The van der Waals surface area contributed by atoms with Crippen molar-refractivity contribution in [3.8, 4) is 12.1 Å². The number of esters is 1. The molecule has 9 nitrogen and oxygen atoms in total. The Morgan fingerprint density at radius 1 is 1.03 bits per heavy atom. The van der Waals surface area contributed by atoms with Crippen LogP contribution < -0.4 is 4.72 Å². The number of nitriles is 2. The van der Waals surface area contributed by atoms with E-state index in [-0.39, 0.29) is 42.1 Å². The van der Waals surface area contributed by atoms with Gasteiger partial charge in [-0.1, -0.05) is 6.07 Å². The Bertz CT molecular complexity index is 1140. The summed E-state index contributed by atoms with van der Waals surface area (Å²) in [7, 11) is -4.06. The molecule has 1 amide bonds. The van der Waals surface area contributed by atoms with E-state index in [4.69, 9.17) is 15.3 Å². The summed E-state index contributed by atoms with van der Waals surface area (Å²) >= 11 is 0. The zero-order valence-corrected chi connectivity index (χ0v) is 17.6. The summed E-state index contributed by atoms with van der Waals surface area (Å²) < 4.78 is 45.3. The van der Waals surface area contributed by atoms with E-state index in [1.165, 1.54) is 35.2 Å². The summed E-state index contributed by atoms with van der Waals surface area (Å²) in [5.41, 5.74) is 0.0418. The predicted molar refractivity (Wildman–Crippen MR) is 111 cm³/mol. The van der Waals surface area contributed by atoms with Crippen molar-refractivity contribution in [2.75, 3.05) is 24.4 Å². The molecule has 0 radical (unpaired) electrons. The summed E-state index contributed by atoms with van der Waals surface area (Å²) in [5, 5.41) is 17.4. The van der Waals surface area contributed by atoms with E-state index in [1.54, 1.807) is 0 Å². The molecule has 0 aliphatic heterocycles. The molecular formula is C21H19FN4O5S. The minimum absolute atomic E-state index is 0.0616. The second kappa shape index (κ2) is 11.4. The number of amides is 1. The number of sulfonamides is 1. The van der Waals surface area contributed by atoms with Crippen molar-refractivity contribution in [1.82, 2.24) is 4.90 Å². The van der Waals surface area contributed by atoms with Crippen molar-refractivity contribution in [3.63, 3.8) is 0 Å². The number of rotatable bonds is 10. The molecule has 0 heterocycles. The van der Waals surface area contributed by atoms with Gasteiger partial charge in [0.1, 0.15) is 5.82 Å². The number of nitrogens with one attached hydrogen (secondary N) is 1. The lowest BCUT2D eigenvalue weighted by molar-refractivity contribution is -0.134. The van der Waals surface area contributed by atoms with E-state index in [0.29, 0.717) is 0 Å². The third-order valence-electron chi connectivity index (χ3n) is 4.14. The zero-order chi connectivity index (χ0) is 23.6. The molecule has 2 aromatic rings. The van der Waals surface area contributed by atoms with E-state index >= 15 is 0 Å². The SMILES string of the molecule is N#CCCN(CCC#N)C(=O)COC(=O)c1cccc(S(=O)(=O)Nc2ccc(F)cc2)c1. The van der Waals surface area contributed by atoms with E-state index in [1.807, 2.05) is 12.1 Å². The maximum absolute atomic E-state index is 13.0. The lowest BCUT2D eigenvalue weighted by atomic mass is 10.2. The number of ether oxygens (including phenoxy) is 1. The fourth-order valence-electron chi connectivity index (χ4n) is 2.56. The van der Waals surface area contributed by atoms with Crippen LogP contribution in [0.4, 0.5) is 10.1 Å². The first-order chi connectivity index (χ1) is 15.3. The first-order valence-electron chi connectivity index (χ1n) is 9.34. The Morgan fingerprint density at radius 2 is 1.66 bits per heavy atom. The highest BCUT2D eigenvalue weighted by Gasteiger charge is 2.19. The second-order valence-electron chi connectivity index (χ2n) is 6.41. The minimum atomic E-state index is -4.06. The van der Waals surface area contributed by atoms with Gasteiger partial charge in [-0.15, -0.1) is 0 Å². The molecule has 0 saturated carbocycles. The van der Waals surface area contributed by atoms with Gasteiger partial charge in [-0.05, 0) is 42.5 Å². The van der Waals surface area contributed by atoms with Crippen LogP contribution in [0.15, 0.2) is 53.4 Å². The monoisotopic (exact) mass is 458 g/mol. The molecule has 0 atom stereocenters. The molecule has 2 aromatic carbocycles. The number of carbonyl (C=O) groups is 2. The van der Waals surface area contributed by atoms with Crippen molar-refractivity contribution >= 4 is 27.6 Å². The van der Waals surface area contributed by atoms with E-state index in [9.17, 15) is 22.4 Å². The summed E-state index contributed by atoms with van der Waals surface area (Å²) in [6, 6.07) is 13.5. The predicted octanol–water partition coefficient (Wildman–Crippen LogP) is 2.44. The quantitative estimate of drug-likeness (QED) is 0.539. The molecular weight excluding hydrogens is 439 g/mol. The Kier molecular flexibility index (Phi) is 8.69. The van der Waals surface area contributed by atoms with E-state index in [0.717, 1.165) is 18.2 Å². The molecule has 2 rings (SSSR count). The first-order valence-corrected chi connectivity index (χ1v) is 10.8. The van der Waals surface area contributed by atoms with Crippen LogP contribution in [0.25, 0.3) is 0 Å². The third-order valence-corrected chi connectivity index (χ3v) is 5.52. The molecule has 0 bridgehead atoms. The van der Waals surface area contributed by atoms with Crippen LogP contribution in [0.3, 0.4) is 0 Å². The van der Waals surface area contributed by atoms with Gasteiger partial charge in [0, 0.05) is 18.8 Å². The largest absolute Gasteiger partial charge is 0.452 e. The molecule has 166 valence electrons. The molecule has 32 heavy (non-hydrogen) atoms. The van der Waals surface area contributed by atoms with Crippen LogP contribution in [0.5, 0.6) is 0 Å². The maximum atomic E-state index is 13.0. The Labute approximate surface area is 184 Å². The van der Waals surface area contributed by atoms with Crippen molar-refractivity contribution in [1.29, 1.82) is 10.5 Å². The normalized spacial score (nSPS) is 10.5. The molecule has 0 unspecified atom stereocenters. The molecule has 0 spiro atoms. The number of carbonyl (C=O) groups excluding carboxylic acids is 2. The topological polar surface area (TPSA) is 140 Å². The lowest BCUT2D eigenvalue weighted by Crippen LogP contribution is -2.36. The van der Waals surface area contributed by atoms with Gasteiger partial charge in [-0.2, -0.15) is 10.5 Å². The first kappa shape index (κ1) is 24.3. The Morgan fingerprint density at radius 3 is 2.25 bits per heavy atom. The number of hydrogen-bond donors (Lipinski definition) is 1. The molecule has 11 heteroatoms. The van der Waals surface area contributed by atoms with Crippen LogP contribution in [0, 0.1) is 28.5 Å². The number of nitrogens with zero attached hydrogens (tertiary/aromatic N) is 3. The Balaban J connectivity index is 2.06. The summed E-state index contributed by atoms with van der Waals surface area (Å²) in [6.07, 6.45) is 0.123. The highest BCUT2D eigenvalue weighted by molar-refractivity contribution is 7.92. The van der Waals surface area contributed by atoms with E-state index in [2.05, 4.69) is 4.72 Å². The van der Waals surface area contributed by atoms with E-state index < -0.39 is 34.3 Å². The molecule has 0 aromatic heterocycles. The van der Waals surface area contributed by atoms with Crippen molar-refractivity contribution in [3.05, 3.63) is 59.9 Å². The highest BCUT2D eigenvalue weighted by atomic mass is 32.2. The Hall–Kier alpha value is -3.96. The summed E-state index contributed by atoms with van der Waals surface area (Å²) in [6.45, 7) is -0.435. The van der Waals surface area contributed by atoms with Gasteiger partial charge in [0.05, 0.1) is 35.4 Å². The van der Waals surface area contributed by atoms with Gasteiger partial charge >= 0.3 is 5.97 Å². The number of benzene rings is 2. The standard InChI is InChI=1S/C21H19FN4O5S/c22-17-6-8-18(9-7-17)25-32(29,30)19-5-1-4-16(14-19)21(28)31-15-20(27)26(12-2-10-23)13-3-11-24/h1,4-9,14,25H,2-3,12-13,15H2. The van der Waals surface area contributed by atoms with Crippen molar-refractivity contribution < 1.29 is 27.1 Å². The van der Waals surface area contributed by atoms with Crippen LogP contribution >= 0.6 is 0 Å². The van der Waals surface area contributed by atoms with Crippen LogP contribution in [0.2, 0.25) is 0 Å². The molecule has 1 N–H and O–H groups in total. The molecule has 0 saturated heterocycles. The van der Waals surface area contributed by atoms with Gasteiger partial charge < -0.3 is 9.64 Å². The maximum Gasteiger partial charge on any atom is 0.338 e. The zero-order valence-electron chi connectivity index (χ0n) is 16.8. The fourth-order valence-corrected chi connectivity index (χ4v) is 3.66. The van der Waals surface area contributed by atoms with Gasteiger partial charge in [0.2, 0.25) is 0 Å². The van der Waals surface area contributed by atoms with Crippen LogP contribution in [-0.4, -0.2) is 44.9 Å². The molecule has 0 fully saturated rings. The van der Waals surface area contributed by atoms with Gasteiger partial charge in [0.15, 0.2) is 6.61 Å². The smallest absolute Gasteiger partial charge is 0.338 e. The average molecular weight is 458 g/mol. The van der Waals surface area contributed by atoms with Crippen LogP contribution in [0.1, 0.15) is 23.2 Å². The minimum Gasteiger partial charge on any atom is -0.452 e. The van der Waals surface area contributed by atoms with Gasteiger partial charge in [-0.3, -0.25) is 9.52 Å². The number of halogens is 1. The summed E-state index contributed by atoms with van der Waals surface area (Å²) in [4.78, 5) is 25.6. The van der Waals surface area contributed by atoms with Gasteiger partial charge in [-0.25, -0.2) is 17.6 Å². The second-order valence-corrected chi connectivity index (χ2v) is 8.10. The van der Waals surface area contributed by atoms with Gasteiger partial charge in [0.25, 0.3) is 15.9 Å². The summed E-state index contributed by atoms with van der Waals surface area (Å²) in [5.74, 6) is -2.02. The van der Waals surface area contributed by atoms with Crippen molar-refractivity contribution in [2.45, 2.75) is 17.7 Å². The van der Waals surface area contributed by atoms with Crippen LogP contribution in [-0.2, 0) is 19.6 Å². The average Bonchev–Trinajstić information content (AvgIpc) is 2.79. The van der Waals surface area contributed by atoms with Crippen molar-refractivity contribution in [2.24, 2.45) is 0 Å². The molecule has 0 aliphatic carbocycles. The number of hydrogen-bond acceptors (Lipinski definition) is 7. The fraction of sp³-hybridized carbons (Fsp3) is 0.238. The number of anilines is 1. The molecule has 0 aliphatic rings. The third kappa shape index (κ3) is 7.07. The highest BCUT2D eigenvalue weighted by Crippen LogP contribution is 2.18. The lowest BCUT2D eigenvalue weighted by Gasteiger charge is -2.20.